The summed E-state index contributed by atoms with van der Waals surface area (Å²) in [4.78, 5) is 14.9. The first-order valence-electron chi connectivity index (χ1n) is 12.1. The fraction of sp³-hybridized carbons (Fsp3) is 0.357. The van der Waals surface area contributed by atoms with Crippen LogP contribution in [-0.4, -0.2) is 46.1 Å². The largest absolute Gasteiger partial charge is 0.492 e. The van der Waals surface area contributed by atoms with Crippen molar-refractivity contribution in [2.45, 2.75) is 39.5 Å². The number of hydrogen-bond donors (Lipinski definition) is 1. The summed E-state index contributed by atoms with van der Waals surface area (Å²) in [6.07, 6.45) is 9.50. The van der Waals surface area contributed by atoms with E-state index >= 15 is 0 Å². The minimum absolute atomic E-state index is 0.699. The first-order chi connectivity index (χ1) is 16.6. The van der Waals surface area contributed by atoms with Crippen LogP contribution in [0.15, 0.2) is 61.1 Å². The van der Waals surface area contributed by atoms with Crippen LogP contribution in [0.5, 0.6) is 5.75 Å². The highest BCUT2D eigenvalue weighted by Gasteiger charge is 2.09. The van der Waals surface area contributed by atoms with E-state index in [1.54, 1.807) is 6.20 Å². The van der Waals surface area contributed by atoms with E-state index in [1.165, 1.54) is 16.7 Å². The fourth-order valence-corrected chi connectivity index (χ4v) is 4.26. The topological polar surface area (TPSA) is 54.0 Å². The Balaban J connectivity index is 1.34. The number of aromatic amines is 1. The van der Waals surface area contributed by atoms with Gasteiger partial charge in [-0.2, -0.15) is 0 Å². The number of nitrogens with one attached hydrogen (secondary N) is 1. The van der Waals surface area contributed by atoms with Gasteiger partial charge < -0.3 is 14.6 Å². The lowest BCUT2D eigenvalue weighted by atomic mass is 10.0. The van der Waals surface area contributed by atoms with E-state index in [1.807, 2.05) is 24.5 Å². The van der Waals surface area contributed by atoms with E-state index in [4.69, 9.17) is 16.3 Å². The van der Waals surface area contributed by atoms with Crippen molar-refractivity contribution in [1.82, 2.24) is 19.9 Å². The Morgan fingerprint density at radius 1 is 0.941 bits per heavy atom. The lowest BCUT2D eigenvalue weighted by Crippen LogP contribution is -2.25. The number of aromatic nitrogens is 3. The van der Waals surface area contributed by atoms with Gasteiger partial charge in [-0.3, -0.25) is 4.98 Å². The molecule has 0 aliphatic rings. The Labute approximate surface area is 207 Å². The second-order valence-electron chi connectivity index (χ2n) is 8.57. The maximum absolute atomic E-state index is 5.99. The van der Waals surface area contributed by atoms with Crippen molar-refractivity contribution in [3.05, 3.63) is 88.5 Å². The van der Waals surface area contributed by atoms with E-state index in [0.717, 1.165) is 72.8 Å². The van der Waals surface area contributed by atoms with Gasteiger partial charge >= 0.3 is 0 Å². The second kappa shape index (κ2) is 12.0. The summed E-state index contributed by atoms with van der Waals surface area (Å²) in [7, 11) is 0. The van der Waals surface area contributed by atoms with Crippen LogP contribution in [0, 0.1) is 0 Å². The number of fused-ring (bicyclic) bond motifs is 1. The number of halogens is 1. The predicted octanol–water partition coefficient (Wildman–Crippen LogP) is 6.10. The number of ether oxygens (including phenoxy) is 1. The van der Waals surface area contributed by atoms with Gasteiger partial charge in [0, 0.05) is 41.5 Å². The van der Waals surface area contributed by atoms with E-state index in [9.17, 15) is 0 Å². The van der Waals surface area contributed by atoms with Gasteiger partial charge in [-0.05, 0) is 73.3 Å². The van der Waals surface area contributed by atoms with Crippen LogP contribution in [0.3, 0.4) is 0 Å². The smallest absolute Gasteiger partial charge is 0.138 e. The molecule has 0 fully saturated rings. The Kier molecular flexibility index (Phi) is 8.56. The minimum atomic E-state index is 0.699. The molecule has 6 heteroatoms. The van der Waals surface area contributed by atoms with Crippen LogP contribution < -0.4 is 4.74 Å². The molecule has 178 valence electrons. The van der Waals surface area contributed by atoms with Crippen molar-refractivity contribution in [2.24, 2.45) is 0 Å². The highest BCUT2D eigenvalue weighted by Crippen LogP contribution is 2.24. The third-order valence-electron chi connectivity index (χ3n) is 6.24. The van der Waals surface area contributed by atoms with Gasteiger partial charge in [0.1, 0.15) is 11.4 Å². The molecule has 0 spiro atoms. The van der Waals surface area contributed by atoms with Gasteiger partial charge in [0.05, 0.1) is 12.8 Å². The quantitative estimate of drug-likeness (QED) is 0.251. The Morgan fingerprint density at radius 2 is 1.74 bits per heavy atom. The molecule has 0 atom stereocenters. The van der Waals surface area contributed by atoms with Crippen molar-refractivity contribution in [3.8, 4) is 5.75 Å². The van der Waals surface area contributed by atoms with Crippen LogP contribution in [0.1, 0.15) is 42.7 Å². The molecule has 0 amide bonds. The van der Waals surface area contributed by atoms with Crippen molar-refractivity contribution in [2.75, 3.05) is 26.2 Å². The summed E-state index contributed by atoms with van der Waals surface area (Å²) < 4.78 is 5.99. The lowest BCUT2D eigenvalue weighted by molar-refractivity contribution is 0.249. The molecule has 0 unspecified atom stereocenters. The van der Waals surface area contributed by atoms with Crippen molar-refractivity contribution in [3.63, 3.8) is 0 Å². The molecule has 5 nitrogen and oxygen atoms in total. The van der Waals surface area contributed by atoms with Gasteiger partial charge in [0.25, 0.3) is 0 Å². The van der Waals surface area contributed by atoms with Crippen LogP contribution in [-0.2, 0) is 19.3 Å². The molecule has 0 saturated heterocycles. The molecular weight excluding hydrogens is 444 g/mol. The second-order valence-corrected chi connectivity index (χ2v) is 9.01. The van der Waals surface area contributed by atoms with Crippen molar-refractivity contribution < 1.29 is 4.74 Å². The lowest BCUT2D eigenvalue weighted by Gasteiger charge is -2.17. The summed E-state index contributed by atoms with van der Waals surface area (Å²) >= 11 is 5.97. The first-order valence-corrected chi connectivity index (χ1v) is 12.5. The summed E-state index contributed by atoms with van der Waals surface area (Å²) in [5.41, 5.74) is 5.64. The molecule has 34 heavy (non-hydrogen) atoms. The number of hydrogen-bond acceptors (Lipinski definition) is 4. The maximum atomic E-state index is 5.99. The zero-order valence-corrected chi connectivity index (χ0v) is 20.8. The molecule has 0 aliphatic carbocycles. The number of pyridine rings is 2. The van der Waals surface area contributed by atoms with E-state index in [2.05, 4.69) is 64.0 Å². The summed E-state index contributed by atoms with van der Waals surface area (Å²) in [5, 5.41) is 1.88. The van der Waals surface area contributed by atoms with Gasteiger partial charge in [-0.15, -0.1) is 0 Å². The highest BCUT2D eigenvalue weighted by molar-refractivity contribution is 6.30. The van der Waals surface area contributed by atoms with Gasteiger partial charge in [0.15, 0.2) is 0 Å². The summed E-state index contributed by atoms with van der Waals surface area (Å²) in [5.74, 6) is 0.823. The molecular formula is C28H33ClN4O. The number of nitrogens with zero attached hydrogens (tertiary/aromatic N) is 3. The summed E-state index contributed by atoms with van der Waals surface area (Å²) in [6, 6.07) is 14.4. The van der Waals surface area contributed by atoms with E-state index in [-0.39, 0.29) is 0 Å². The Hall–Kier alpha value is -2.89. The highest BCUT2D eigenvalue weighted by atomic mass is 35.5. The van der Waals surface area contributed by atoms with Gasteiger partial charge in [-0.1, -0.05) is 43.6 Å². The molecule has 3 heterocycles. The minimum Gasteiger partial charge on any atom is -0.492 e. The predicted molar refractivity (Wildman–Crippen MR) is 140 cm³/mol. The van der Waals surface area contributed by atoms with Crippen molar-refractivity contribution in [1.29, 1.82) is 0 Å². The SMILES string of the molecule is CCN(CC)CCCOc1cnc2[nH]cc(Cc3ccc(CCc4ccc(Cl)cc4)nc3)c2c1. The number of rotatable bonds is 12. The molecule has 3 aromatic heterocycles. The van der Waals surface area contributed by atoms with Crippen LogP contribution in [0.4, 0.5) is 0 Å². The van der Waals surface area contributed by atoms with Crippen LogP contribution in [0.25, 0.3) is 11.0 Å². The molecule has 1 aromatic carbocycles. The normalized spacial score (nSPS) is 11.4. The average Bonchev–Trinajstić information content (AvgIpc) is 3.26. The first kappa shape index (κ1) is 24.2. The standard InChI is InChI=1S/C28H33ClN4O/c1-3-33(4-2)14-5-15-34-26-17-27-23(19-31-28(27)32-20-26)16-22-9-13-25(30-18-22)12-8-21-6-10-24(29)11-7-21/h6-7,9-11,13,17-20H,3-5,8,12,14-16H2,1-2H3,(H,31,32). The zero-order valence-electron chi connectivity index (χ0n) is 20.1. The molecule has 0 radical (unpaired) electrons. The molecule has 4 rings (SSSR count). The Morgan fingerprint density at radius 3 is 2.47 bits per heavy atom. The molecule has 0 aliphatic heterocycles. The van der Waals surface area contributed by atoms with Gasteiger partial charge in [-0.25, -0.2) is 4.98 Å². The van der Waals surface area contributed by atoms with Crippen LogP contribution in [0.2, 0.25) is 5.02 Å². The third-order valence-corrected chi connectivity index (χ3v) is 6.49. The van der Waals surface area contributed by atoms with Gasteiger partial charge in [0.2, 0.25) is 0 Å². The Bertz CT molecular complexity index is 1170. The summed E-state index contributed by atoms with van der Waals surface area (Å²) in [6.45, 7) is 8.30. The molecule has 0 bridgehead atoms. The molecule has 4 aromatic rings. The number of H-pyrrole nitrogens is 1. The maximum Gasteiger partial charge on any atom is 0.138 e. The van der Waals surface area contributed by atoms with E-state index < -0.39 is 0 Å². The molecule has 1 N–H and O–H groups in total. The van der Waals surface area contributed by atoms with Crippen LogP contribution >= 0.6 is 11.6 Å². The third kappa shape index (κ3) is 6.58. The molecule has 0 saturated carbocycles. The zero-order chi connectivity index (χ0) is 23.8. The number of aryl methyl sites for hydroxylation is 2. The van der Waals surface area contributed by atoms with Crippen molar-refractivity contribution >= 4 is 22.6 Å². The van der Waals surface area contributed by atoms with E-state index in [0.29, 0.717) is 6.61 Å². The number of benzene rings is 1. The fourth-order valence-electron chi connectivity index (χ4n) is 4.13. The average molecular weight is 477 g/mol. The monoisotopic (exact) mass is 476 g/mol.